The summed E-state index contributed by atoms with van der Waals surface area (Å²) >= 11 is 1.52. The minimum absolute atomic E-state index is 0.701. The molecule has 1 aliphatic carbocycles. The van der Waals surface area contributed by atoms with E-state index in [0.29, 0.717) is 5.92 Å². The lowest BCUT2D eigenvalue weighted by molar-refractivity contribution is 0.796. The predicted molar refractivity (Wildman–Crippen MR) is 49.2 cm³/mol. The highest BCUT2D eigenvalue weighted by atomic mass is 32.1. The van der Waals surface area contributed by atoms with Crippen molar-refractivity contribution in [1.29, 1.82) is 0 Å². The molecule has 3 nitrogen and oxygen atoms in total. The summed E-state index contributed by atoms with van der Waals surface area (Å²) < 4.78 is 3.99. The van der Waals surface area contributed by atoms with Crippen LogP contribution in [0.25, 0.3) is 0 Å². The van der Waals surface area contributed by atoms with Crippen LogP contribution in [0.2, 0.25) is 0 Å². The van der Waals surface area contributed by atoms with Crippen molar-refractivity contribution in [3.8, 4) is 0 Å². The van der Waals surface area contributed by atoms with E-state index in [-0.39, 0.29) is 0 Å². The van der Waals surface area contributed by atoms with Crippen LogP contribution in [0.4, 0.5) is 0 Å². The highest BCUT2D eigenvalue weighted by Gasteiger charge is 2.37. The maximum absolute atomic E-state index is 4.18. The maximum Gasteiger partial charge on any atom is 0.0834 e. The van der Waals surface area contributed by atoms with E-state index in [1.807, 2.05) is 7.05 Å². The molecule has 0 aromatic carbocycles. The molecule has 1 aliphatic rings. The van der Waals surface area contributed by atoms with E-state index in [1.54, 1.807) is 0 Å². The molecular weight excluding hydrogens is 170 g/mol. The summed E-state index contributed by atoms with van der Waals surface area (Å²) in [5.41, 5.74) is 1.24. The molecular formula is C8H13N3S. The summed E-state index contributed by atoms with van der Waals surface area (Å²) in [7, 11) is 1.96. The van der Waals surface area contributed by atoms with E-state index in [0.717, 1.165) is 12.5 Å². The Morgan fingerprint density at radius 2 is 2.42 bits per heavy atom. The van der Waals surface area contributed by atoms with Gasteiger partial charge < -0.3 is 5.32 Å². The summed E-state index contributed by atoms with van der Waals surface area (Å²) in [6.07, 6.45) is 1.29. The fourth-order valence-electron chi connectivity index (χ4n) is 1.48. The van der Waals surface area contributed by atoms with E-state index in [1.165, 1.54) is 28.5 Å². The third-order valence-corrected chi connectivity index (χ3v) is 3.12. The molecule has 1 aromatic rings. The van der Waals surface area contributed by atoms with E-state index in [4.69, 9.17) is 0 Å². The van der Waals surface area contributed by atoms with Crippen molar-refractivity contribution in [2.24, 2.45) is 5.92 Å². The molecule has 1 N–H and O–H groups in total. The zero-order valence-corrected chi connectivity index (χ0v) is 8.19. The molecule has 2 rings (SSSR count). The SMILES string of the molecule is CNCc1snnc1C1CC1C. The molecule has 1 aromatic heterocycles. The lowest BCUT2D eigenvalue weighted by Gasteiger charge is -1.96. The first kappa shape index (κ1) is 8.13. The van der Waals surface area contributed by atoms with Crippen LogP contribution in [0.5, 0.6) is 0 Å². The van der Waals surface area contributed by atoms with Gasteiger partial charge in [0.15, 0.2) is 0 Å². The topological polar surface area (TPSA) is 37.8 Å². The summed E-state index contributed by atoms with van der Waals surface area (Å²) in [5, 5.41) is 7.31. The van der Waals surface area contributed by atoms with Crippen LogP contribution in [-0.2, 0) is 6.54 Å². The number of nitrogens with one attached hydrogen (secondary N) is 1. The average Bonchev–Trinajstić information content (AvgIpc) is 2.62. The molecule has 0 radical (unpaired) electrons. The molecule has 0 spiro atoms. The molecule has 12 heavy (non-hydrogen) atoms. The zero-order valence-electron chi connectivity index (χ0n) is 7.37. The van der Waals surface area contributed by atoms with Crippen LogP contribution in [0, 0.1) is 5.92 Å². The van der Waals surface area contributed by atoms with E-state index in [2.05, 4.69) is 21.8 Å². The number of nitrogens with zero attached hydrogens (tertiary/aromatic N) is 2. The van der Waals surface area contributed by atoms with Gasteiger partial charge in [-0.1, -0.05) is 11.4 Å². The Bertz CT molecular complexity index is 271. The zero-order chi connectivity index (χ0) is 8.55. The minimum Gasteiger partial charge on any atom is -0.315 e. The van der Waals surface area contributed by atoms with Crippen molar-refractivity contribution in [3.63, 3.8) is 0 Å². The normalized spacial score (nSPS) is 27.5. The van der Waals surface area contributed by atoms with Gasteiger partial charge >= 0.3 is 0 Å². The monoisotopic (exact) mass is 183 g/mol. The number of hydrogen-bond acceptors (Lipinski definition) is 4. The number of hydrogen-bond donors (Lipinski definition) is 1. The van der Waals surface area contributed by atoms with Gasteiger partial charge in [-0.2, -0.15) is 0 Å². The first-order valence-electron chi connectivity index (χ1n) is 4.28. The fraction of sp³-hybridized carbons (Fsp3) is 0.750. The highest BCUT2D eigenvalue weighted by Crippen LogP contribution is 2.47. The van der Waals surface area contributed by atoms with E-state index < -0.39 is 0 Å². The molecule has 0 aliphatic heterocycles. The second kappa shape index (κ2) is 3.11. The molecule has 0 bridgehead atoms. The van der Waals surface area contributed by atoms with Gasteiger partial charge in [-0.3, -0.25) is 0 Å². The summed E-state index contributed by atoms with van der Waals surface area (Å²) in [6, 6.07) is 0. The van der Waals surface area contributed by atoms with Gasteiger partial charge in [0.25, 0.3) is 0 Å². The molecule has 1 heterocycles. The molecule has 4 heteroatoms. The Morgan fingerprint density at radius 3 is 3.00 bits per heavy atom. The molecule has 1 fully saturated rings. The van der Waals surface area contributed by atoms with Gasteiger partial charge in [-0.05, 0) is 30.9 Å². The summed E-state index contributed by atoms with van der Waals surface area (Å²) in [4.78, 5) is 1.31. The van der Waals surface area contributed by atoms with Crippen molar-refractivity contribution in [3.05, 3.63) is 10.6 Å². The molecule has 0 amide bonds. The van der Waals surface area contributed by atoms with Crippen LogP contribution >= 0.6 is 11.5 Å². The van der Waals surface area contributed by atoms with Crippen LogP contribution in [0.1, 0.15) is 29.8 Å². The second-order valence-electron chi connectivity index (χ2n) is 3.43. The smallest absolute Gasteiger partial charge is 0.0834 e. The maximum atomic E-state index is 4.18. The standard InChI is InChI=1S/C8H13N3S/c1-5-3-6(5)8-7(4-9-2)12-11-10-8/h5-6,9H,3-4H2,1-2H3. The lowest BCUT2D eigenvalue weighted by atomic mass is 10.2. The van der Waals surface area contributed by atoms with Gasteiger partial charge in [-0.25, -0.2) is 0 Å². The Morgan fingerprint density at radius 1 is 1.67 bits per heavy atom. The number of aromatic nitrogens is 2. The first-order chi connectivity index (χ1) is 5.83. The van der Waals surface area contributed by atoms with Gasteiger partial charge in [-0.15, -0.1) is 5.10 Å². The third kappa shape index (κ3) is 1.36. The van der Waals surface area contributed by atoms with Crippen molar-refractivity contribution in [2.45, 2.75) is 25.8 Å². The second-order valence-corrected chi connectivity index (χ2v) is 4.27. The van der Waals surface area contributed by atoms with Crippen molar-refractivity contribution >= 4 is 11.5 Å². The minimum atomic E-state index is 0.701. The average molecular weight is 183 g/mol. The Kier molecular flexibility index (Phi) is 2.11. The molecule has 1 saturated carbocycles. The Labute approximate surface area is 76.4 Å². The van der Waals surface area contributed by atoms with Crippen LogP contribution in [-0.4, -0.2) is 16.6 Å². The van der Waals surface area contributed by atoms with Crippen LogP contribution in [0.15, 0.2) is 0 Å². The summed E-state index contributed by atoms with van der Waals surface area (Å²) in [5.74, 6) is 1.52. The lowest BCUT2D eigenvalue weighted by Crippen LogP contribution is -2.05. The van der Waals surface area contributed by atoms with Crippen molar-refractivity contribution < 1.29 is 0 Å². The van der Waals surface area contributed by atoms with Gasteiger partial charge in [0, 0.05) is 12.5 Å². The Balaban J connectivity index is 2.14. The first-order valence-corrected chi connectivity index (χ1v) is 5.06. The molecule has 0 saturated heterocycles. The number of rotatable bonds is 3. The van der Waals surface area contributed by atoms with Gasteiger partial charge in [0.2, 0.25) is 0 Å². The third-order valence-electron chi connectivity index (χ3n) is 2.38. The van der Waals surface area contributed by atoms with Crippen molar-refractivity contribution in [2.75, 3.05) is 7.05 Å². The van der Waals surface area contributed by atoms with Crippen molar-refractivity contribution in [1.82, 2.24) is 14.9 Å². The van der Waals surface area contributed by atoms with Gasteiger partial charge in [0.1, 0.15) is 0 Å². The quantitative estimate of drug-likeness (QED) is 0.769. The summed E-state index contributed by atoms with van der Waals surface area (Å²) in [6.45, 7) is 3.18. The van der Waals surface area contributed by atoms with E-state index >= 15 is 0 Å². The van der Waals surface area contributed by atoms with Crippen LogP contribution in [0.3, 0.4) is 0 Å². The molecule has 2 atom stereocenters. The van der Waals surface area contributed by atoms with Crippen LogP contribution < -0.4 is 5.32 Å². The fourth-order valence-corrected chi connectivity index (χ4v) is 2.21. The highest BCUT2D eigenvalue weighted by molar-refractivity contribution is 7.05. The van der Waals surface area contributed by atoms with E-state index in [9.17, 15) is 0 Å². The molecule has 66 valence electrons. The Hall–Kier alpha value is -0.480. The molecule has 2 unspecified atom stereocenters. The predicted octanol–water partition coefficient (Wildman–Crippen LogP) is 1.38. The largest absolute Gasteiger partial charge is 0.315 e. The van der Waals surface area contributed by atoms with Gasteiger partial charge in [0.05, 0.1) is 10.6 Å².